The van der Waals surface area contributed by atoms with Gasteiger partial charge in [-0.3, -0.25) is 15.5 Å². The van der Waals surface area contributed by atoms with Crippen LogP contribution in [-0.2, 0) is 0 Å². The molecule has 126 valence electrons. The molecule has 7 heteroatoms. The van der Waals surface area contributed by atoms with E-state index in [0.717, 1.165) is 5.69 Å². The Morgan fingerprint density at radius 3 is 2.68 bits per heavy atom. The van der Waals surface area contributed by atoms with Gasteiger partial charge < -0.3 is 9.15 Å². The van der Waals surface area contributed by atoms with Crippen LogP contribution in [0.1, 0.15) is 5.76 Å². The maximum atomic E-state index is 11.3. The van der Waals surface area contributed by atoms with Crippen molar-refractivity contribution in [1.29, 1.82) is 0 Å². The van der Waals surface area contributed by atoms with E-state index in [9.17, 15) is 10.1 Å². The van der Waals surface area contributed by atoms with Crippen molar-refractivity contribution in [3.8, 4) is 17.1 Å². The third-order valence-corrected chi connectivity index (χ3v) is 3.45. The molecule has 0 saturated carbocycles. The summed E-state index contributed by atoms with van der Waals surface area (Å²) in [7, 11) is 1.46. The number of hydrogen-bond donors (Lipinski definition) is 1. The molecule has 0 atom stereocenters. The minimum Gasteiger partial charge on any atom is -0.497 e. The number of hydrogen-bond acceptors (Lipinski definition) is 6. The number of nitrogens with one attached hydrogen (secondary N) is 1. The molecule has 0 spiro atoms. The molecule has 1 N–H and O–H groups in total. The Kier molecular flexibility index (Phi) is 4.75. The zero-order valence-corrected chi connectivity index (χ0v) is 13.4. The average Bonchev–Trinajstić information content (AvgIpc) is 3.10. The van der Waals surface area contributed by atoms with E-state index in [2.05, 4.69) is 10.5 Å². The van der Waals surface area contributed by atoms with Crippen molar-refractivity contribution < 1.29 is 14.1 Å². The van der Waals surface area contributed by atoms with Gasteiger partial charge in [-0.2, -0.15) is 5.10 Å². The van der Waals surface area contributed by atoms with Crippen LogP contribution >= 0.6 is 0 Å². The third kappa shape index (κ3) is 3.84. The van der Waals surface area contributed by atoms with E-state index in [1.165, 1.54) is 19.4 Å². The van der Waals surface area contributed by atoms with Crippen LogP contribution < -0.4 is 10.2 Å². The number of methoxy groups -OCH3 is 1. The van der Waals surface area contributed by atoms with E-state index < -0.39 is 4.92 Å². The molecule has 3 rings (SSSR count). The van der Waals surface area contributed by atoms with Gasteiger partial charge in [0.05, 0.1) is 35.6 Å². The van der Waals surface area contributed by atoms with Crippen molar-refractivity contribution in [2.75, 3.05) is 12.5 Å². The van der Waals surface area contributed by atoms with Gasteiger partial charge in [-0.05, 0) is 36.4 Å². The van der Waals surface area contributed by atoms with E-state index in [-0.39, 0.29) is 5.69 Å². The molecule has 0 aliphatic carbocycles. The van der Waals surface area contributed by atoms with Gasteiger partial charge in [0, 0.05) is 0 Å². The van der Waals surface area contributed by atoms with Gasteiger partial charge in [0.2, 0.25) is 0 Å². The lowest BCUT2D eigenvalue weighted by Crippen LogP contribution is -1.93. The number of rotatable bonds is 6. The first-order chi connectivity index (χ1) is 12.2. The van der Waals surface area contributed by atoms with Crippen molar-refractivity contribution in [2.24, 2.45) is 5.10 Å². The van der Waals surface area contributed by atoms with Crippen LogP contribution in [0.4, 0.5) is 11.4 Å². The second-order valence-electron chi connectivity index (χ2n) is 5.08. The smallest absolute Gasteiger partial charge is 0.284 e. The summed E-state index contributed by atoms with van der Waals surface area (Å²) in [4.78, 5) is 10.8. The fraction of sp³-hybridized carbons (Fsp3) is 0.0556. The molecule has 25 heavy (non-hydrogen) atoms. The van der Waals surface area contributed by atoms with E-state index in [0.29, 0.717) is 22.8 Å². The zero-order chi connectivity index (χ0) is 17.6. The van der Waals surface area contributed by atoms with Gasteiger partial charge in [0.15, 0.2) is 0 Å². The van der Waals surface area contributed by atoms with Crippen LogP contribution in [0.2, 0.25) is 0 Å². The number of nitro groups is 1. The maximum absolute atomic E-state index is 11.3. The first-order valence-electron chi connectivity index (χ1n) is 7.44. The molecule has 0 aliphatic heterocycles. The quantitative estimate of drug-likeness (QED) is 0.411. The molecule has 0 unspecified atom stereocenters. The normalized spacial score (nSPS) is 10.8. The van der Waals surface area contributed by atoms with Gasteiger partial charge in [0.1, 0.15) is 17.3 Å². The molecule has 0 amide bonds. The topological polar surface area (TPSA) is 89.9 Å². The van der Waals surface area contributed by atoms with Crippen molar-refractivity contribution in [3.05, 3.63) is 76.5 Å². The van der Waals surface area contributed by atoms with Crippen LogP contribution in [0.3, 0.4) is 0 Å². The molecular formula is C18H15N3O4. The Bertz CT molecular complexity index is 904. The number of para-hydroxylation sites is 1. The Hall–Kier alpha value is -3.61. The van der Waals surface area contributed by atoms with Crippen LogP contribution in [0, 0.1) is 10.1 Å². The standard InChI is InChI=1S/C18H15N3O4/c1-24-14-7-9-16(17(11-14)21(22)23)18-10-8-15(25-18)12-19-20-13-5-3-2-4-6-13/h2-12,20H,1H3/b19-12-. The predicted molar refractivity (Wildman–Crippen MR) is 95.0 cm³/mol. The summed E-state index contributed by atoms with van der Waals surface area (Å²) in [6.45, 7) is 0. The summed E-state index contributed by atoms with van der Waals surface area (Å²) >= 11 is 0. The highest BCUT2D eigenvalue weighted by atomic mass is 16.6. The lowest BCUT2D eigenvalue weighted by molar-refractivity contribution is -0.384. The number of benzene rings is 2. The molecule has 0 saturated heterocycles. The lowest BCUT2D eigenvalue weighted by atomic mass is 10.1. The van der Waals surface area contributed by atoms with E-state index in [1.54, 1.807) is 24.3 Å². The van der Waals surface area contributed by atoms with Gasteiger partial charge in [-0.25, -0.2) is 0 Å². The summed E-state index contributed by atoms with van der Waals surface area (Å²) in [5.74, 6) is 1.27. The molecular weight excluding hydrogens is 322 g/mol. The molecule has 2 aromatic carbocycles. The molecule has 3 aromatic rings. The monoisotopic (exact) mass is 337 g/mol. The molecule has 0 radical (unpaired) electrons. The second-order valence-corrected chi connectivity index (χ2v) is 5.08. The molecule has 1 heterocycles. The summed E-state index contributed by atoms with van der Waals surface area (Å²) in [6.07, 6.45) is 1.51. The van der Waals surface area contributed by atoms with Crippen molar-refractivity contribution >= 4 is 17.6 Å². The molecule has 1 aromatic heterocycles. The second kappa shape index (κ2) is 7.31. The van der Waals surface area contributed by atoms with Crippen LogP contribution in [0.5, 0.6) is 5.75 Å². The predicted octanol–water partition coefficient (Wildman–Crippen LogP) is 4.31. The van der Waals surface area contributed by atoms with Crippen molar-refractivity contribution in [1.82, 2.24) is 0 Å². The zero-order valence-electron chi connectivity index (χ0n) is 13.4. The van der Waals surface area contributed by atoms with Crippen molar-refractivity contribution in [3.63, 3.8) is 0 Å². The first kappa shape index (κ1) is 16.3. The van der Waals surface area contributed by atoms with Gasteiger partial charge in [-0.1, -0.05) is 18.2 Å². The highest BCUT2D eigenvalue weighted by Gasteiger charge is 2.19. The highest BCUT2D eigenvalue weighted by molar-refractivity contribution is 5.79. The Labute approximate surface area is 143 Å². The number of hydrazone groups is 1. The lowest BCUT2D eigenvalue weighted by Gasteiger charge is -2.03. The van der Waals surface area contributed by atoms with E-state index in [4.69, 9.17) is 9.15 Å². The van der Waals surface area contributed by atoms with Crippen LogP contribution in [0.25, 0.3) is 11.3 Å². The molecule has 0 aliphatic rings. The number of anilines is 1. The van der Waals surface area contributed by atoms with Crippen molar-refractivity contribution in [2.45, 2.75) is 0 Å². The first-order valence-corrected chi connectivity index (χ1v) is 7.44. The van der Waals surface area contributed by atoms with Crippen LogP contribution in [0.15, 0.2) is 70.2 Å². The number of nitrogens with zero attached hydrogens (tertiary/aromatic N) is 2. The maximum Gasteiger partial charge on any atom is 0.284 e. The van der Waals surface area contributed by atoms with Gasteiger partial charge in [0.25, 0.3) is 5.69 Å². The number of nitro benzene ring substituents is 1. The van der Waals surface area contributed by atoms with Gasteiger partial charge >= 0.3 is 0 Å². The summed E-state index contributed by atoms with van der Waals surface area (Å²) in [5, 5.41) is 15.4. The fourth-order valence-corrected chi connectivity index (χ4v) is 2.25. The third-order valence-electron chi connectivity index (χ3n) is 3.45. The average molecular weight is 337 g/mol. The number of furan rings is 1. The molecule has 0 fully saturated rings. The summed E-state index contributed by atoms with van der Waals surface area (Å²) < 4.78 is 10.7. The highest BCUT2D eigenvalue weighted by Crippen LogP contribution is 2.33. The Morgan fingerprint density at radius 2 is 1.96 bits per heavy atom. The van der Waals surface area contributed by atoms with E-state index in [1.807, 2.05) is 30.3 Å². The molecule has 0 bridgehead atoms. The van der Waals surface area contributed by atoms with E-state index >= 15 is 0 Å². The summed E-state index contributed by atoms with van der Waals surface area (Å²) in [5.41, 5.74) is 4.01. The SMILES string of the molecule is COc1ccc(-c2ccc(/C=N\Nc3ccccc3)o2)c([N+](=O)[O-])c1. The fourth-order valence-electron chi connectivity index (χ4n) is 2.25. The Balaban J connectivity index is 1.80. The summed E-state index contributed by atoms with van der Waals surface area (Å²) in [6, 6.07) is 17.4. The van der Waals surface area contributed by atoms with Crippen LogP contribution in [-0.4, -0.2) is 18.2 Å². The number of ether oxygens (including phenoxy) is 1. The van der Waals surface area contributed by atoms with Gasteiger partial charge in [-0.15, -0.1) is 0 Å². The Morgan fingerprint density at radius 1 is 1.16 bits per heavy atom. The largest absolute Gasteiger partial charge is 0.497 e. The minimum atomic E-state index is -0.467. The molecule has 7 nitrogen and oxygen atoms in total. The minimum absolute atomic E-state index is 0.0837.